The van der Waals surface area contributed by atoms with E-state index in [1.54, 1.807) is 6.92 Å². The van der Waals surface area contributed by atoms with Crippen LogP contribution in [0.4, 0.5) is 17.6 Å². The lowest BCUT2D eigenvalue weighted by atomic mass is 9.89. The van der Waals surface area contributed by atoms with E-state index in [0.717, 1.165) is 25.0 Å². The largest absolute Gasteiger partial charge is 0.493 e. The molecule has 4 N–H and O–H groups in total. The van der Waals surface area contributed by atoms with Crippen molar-refractivity contribution in [3.05, 3.63) is 41.3 Å². The molecule has 0 spiro atoms. The molecule has 2 aliphatic rings. The van der Waals surface area contributed by atoms with Gasteiger partial charge in [-0.2, -0.15) is 13.2 Å². The molecule has 0 bridgehead atoms. The summed E-state index contributed by atoms with van der Waals surface area (Å²) in [6, 6.07) is 1.97. The molecule has 1 aromatic carbocycles. The van der Waals surface area contributed by atoms with Crippen molar-refractivity contribution in [2.24, 2.45) is 5.92 Å². The molecule has 13 heteroatoms. The number of nitrogens with zero attached hydrogens (tertiary/aromatic N) is 2. The standard InChI is InChI=1S/C27H29F4N5O4/c1-13-22(26(39)35-16-5-6-19(18(28)9-16)36-21(38)10-37)24-25(34-13)23(32-12-33-24)17-8-15(27(29,30)31)4-7-20(17)40-11-14-2-3-14/h4,7-8,12,14,16,18-19,34,37H,2-3,5-6,9-11H2,1H3,(H,35,39)(H,36,38)/t16-,18-,19+/m1/s1. The molecular formula is C27H29F4N5O4. The van der Waals surface area contributed by atoms with E-state index in [0.29, 0.717) is 24.6 Å². The molecule has 40 heavy (non-hydrogen) atoms. The zero-order chi connectivity index (χ0) is 28.6. The van der Waals surface area contributed by atoms with Crippen molar-refractivity contribution in [2.75, 3.05) is 13.2 Å². The molecule has 214 valence electrons. The number of fused-ring (bicyclic) bond motifs is 1. The minimum absolute atomic E-state index is 0.0321. The number of aromatic amines is 1. The number of aliphatic hydroxyl groups excluding tert-OH is 1. The van der Waals surface area contributed by atoms with E-state index in [4.69, 9.17) is 9.84 Å². The van der Waals surface area contributed by atoms with Gasteiger partial charge in [0.05, 0.1) is 29.3 Å². The zero-order valence-corrected chi connectivity index (χ0v) is 21.6. The van der Waals surface area contributed by atoms with E-state index in [1.807, 2.05) is 0 Å². The summed E-state index contributed by atoms with van der Waals surface area (Å²) < 4.78 is 61.3. The van der Waals surface area contributed by atoms with Crippen LogP contribution >= 0.6 is 0 Å². The number of alkyl halides is 4. The summed E-state index contributed by atoms with van der Waals surface area (Å²) in [6.07, 6.45) is -2.17. The lowest BCUT2D eigenvalue weighted by Crippen LogP contribution is -2.50. The van der Waals surface area contributed by atoms with E-state index in [1.165, 1.54) is 12.4 Å². The van der Waals surface area contributed by atoms with Crippen LogP contribution in [0.2, 0.25) is 0 Å². The Bertz CT molecular complexity index is 1420. The number of H-pyrrole nitrogens is 1. The average molecular weight is 564 g/mol. The first-order valence-electron chi connectivity index (χ1n) is 13.1. The topological polar surface area (TPSA) is 129 Å². The summed E-state index contributed by atoms with van der Waals surface area (Å²) in [4.78, 5) is 36.3. The van der Waals surface area contributed by atoms with Gasteiger partial charge >= 0.3 is 6.18 Å². The molecule has 2 fully saturated rings. The first-order valence-corrected chi connectivity index (χ1v) is 13.1. The molecule has 0 radical (unpaired) electrons. The van der Waals surface area contributed by atoms with E-state index in [-0.39, 0.29) is 46.4 Å². The number of rotatable bonds is 8. The Kier molecular flexibility index (Phi) is 7.67. The van der Waals surface area contributed by atoms with Gasteiger partial charge in [0.15, 0.2) is 0 Å². The van der Waals surface area contributed by atoms with Crippen LogP contribution in [0.25, 0.3) is 22.3 Å². The molecule has 3 atom stereocenters. The van der Waals surface area contributed by atoms with Crippen molar-refractivity contribution in [1.29, 1.82) is 0 Å². The van der Waals surface area contributed by atoms with E-state index < -0.39 is 48.4 Å². The molecule has 3 aromatic rings. The van der Waals surface area contributed by atoms with E-state index >= 15 is 0 Å². The third kappa shape index (κ3) is 5.88. The second-order valence-electron chi connectivity index (χ2n) is 10.4. The highest BCUT2D eigenvalue weighted by atomic mass is 19.4. The summed E-state index contributed by atoms with van der Waals surface area (Å²) in [5.74, 6) is -0.565. The van der Waals surface area contributed by atoms with Gasteiger partial charge < -0.3 is 25.5 Å². The number of aromatic nitrogens is 3. The van der Waals surface area contributed by atoms with Gasteiger partial charge in [0, 0.05) is 23.7 Å². The number of amides is 2. The third-order valence-corrected chi connectivity index (χ3v) is 7.33. The Labute approximate surface area is 226 Å². The molecule has 2 aromatic heterocycles. The monoisotopic (exact) mass is 563 g/mol. The van der Waals surface area contributed by atoms with Gasteiger partial charge in [0.1, 0.15) is 36.1 Å². The molecule has 2 heterocycles. The summed E-state index contributed by atoms with van der Waals surface area (Å²) in [7, 11) is 0. The Balaban J connectivity index is 1.43. The Morgan fingerprint density at radius 2 is 1.93 bits per heavy atom. The Morgan fingerprint density at radius 3 is 2.60 bits per heavy atom. The normalized spacial score (nSPS) is 21.3. The van der Waals surface area contributed by atoms with Gasteiger partial charge in [-0.3, -0.25) is 9.59 Å². The number of carbonyl (C=O) groups excluding carboxylic acids is 2. The maximum Gasteiger partial charge on any atom is 0.416 e. The fourth-order valence-electron chi connectivity index (χ4n) is 5.03. The molecule has 9 nitrogen and oxygen atoms in total. The fraction of sp³-hybridized carbons (Fsp3) is 0.481. The number of carbonyl (C=O) groups is 2. The lowest BCUT2D eigenvalue weighted by molar-refractivity contribution is -0.137. The minimum atomic E-state index is -4.58. The number of nitrogens with one attached hydrogen (secondary N) is 3. The number of aliphatic hydroxyl groups is 1. The summed E-state index contributed by atoms with van der Waals surface area (Å²) >= 11 is 0. The van der Waals surface area contributed by atoms with Crippen molar-refractivity contribution in [3.63, 3.8) is 0 Å². The summed E-state index contributed by atoms with van der Waals surface area (Å²) in [5.41, 5.74) is 0.513. The second-order valence-corrected chi connectivity index (χ2v) is 10.4. The van der Waals surface area contributed by atoms with Gasteiger partial charge in [0.25, 0.3) is 5.91 Å². The van der Waals surface area contributed by atoms with Crippen LogP contribution in [-0.4, -0.2) is 63.3 Å². The SMILES string of the molecule is Cc1[nH]c2c(-c3cc(C(F)(F)F)ccc3OCC3CC3)ncnc2c1C(=O)N[C@@H]1CC[C@H](NC(=O)CO)[C@H](F)C1. The van der Waals surface area contributed by atoms with Crippen LogP contribution in [0.15, 0.2) is 24.5 Å². The van der Waals surface area contributed by atoms with Gasteiger partial charge in [0.2, 0.25) is 5.91 Å². The lowest BCUT2D eigenvalue weighted by Gasteiger charge is -2.32. The smallest absolute Gasteiger partial charge is 0.416 e. The molecule has 5 rings (SSSR count). The number of hydrogen-bond acceptors (Lipinski definition) is 6. The highest BCUT2D eigenvalue weighted by molar-refractivity contribution is 6.09. The van der Waals surface area contributed by atoms with Crippen LogP contribution in [0.1, 0.15) is 53.7 Å². The minimum Gasteiger partial charge on any atom is -0.493 e. The molecule has 2 amide bonds. The van der Waals surface area contributed by atoms with Gasteiger partial charge in [-0.1, -0.05) is 0 Å². The number of aryl methyl sites for hydroxylation is 1. The van der Waals surface area contributed by atoms with E-state index in [2.05, 4.69) is 25.6 Å². The van der Waals surface area contributed by atoms with Crippen LogP contribution in [-0.2, 0) is 11.0 Å². The van der Waals surface area contributed by atoms with Crippen LogP contribution in [0.3, 0.4) is 0 Å². The predicted octanol–water partition coefficient (Wildman–Crippen LogP) is 3.84. The van der Waals surface area contributed by atoms with E-state index in [9.17, 15) is 27.2 Å². The first kappa shape index (κ1) is 27.8. The Morgan fingerprint density at radius 1 is 1.15 bits per heavy atom. The third-order valence-electron chi connectivity index (χ3n) is 7.33. The molecule has 0 unspecified atom stereocenters. The summed E-state index contributed by atoms with van der Waals surface area (Å²) in [6.45, 7) is 1.28. The number of hydrogen-bond donors (Lipinski definition) is 4. The highest BCUT2D eigenvalue weighted by Crippen LogP contribution is 2.40. The van der Waals surface area contributed by atoms with Crippen molar-refractivity contribution in [3.8, 4) is 17.0 Å². The molecule has 0 aliphatic heterocycles. The number of benzene rings is 1. The predicted molar refractivity (Wildman–Crippen MR) is 136 cm³/mol. The van der Waals surface area contributed by atoms with Gasteiger partial charge in [-0.05, 0) is 56.7 Å². The van der Waals surface area contributed by atoms with Crippen molar-refractivity contribution in [2.45, 2.75) is 63.5 Å². The van der Waals surface area contributed by atoms with Crippen molar-refractivity contribution >= 4 is 22.8 Å². The maximum atomic E-state index is 14.7. The van der Waals surface area contributed by atoms with Crippen molar-refractivity contribution < 1.29 is 37.0 Å². The fourth-order valence-corrected chi connectivity index (χ4v) is 5.03. The van der Waals surface area contributed by atoms with Crippen LogP contribution in [0.5, 0.6) is 5.75 Å². The molecule has 0 saturated heterocycles. The van der Waals surface area contributed by atoms with Gasteiger partial charge in [-0.25, -0.2) is 14.4 Å². The molecule has 2 saturated carbocycles. The Hall–Kier alpha value is -3.74. The van der Waals surface area contributed by atoms with Crippen LogP contribution < -0.4 is 15.4 Å². The number of halogens is 4. The zero-order valence-electron chi connectivity index (χ0n) is 21.6. The summed E-state index contributed by atoms with van der Waals surface area (Å²) in [5, 5.41) is 14.1. The van der Waals surface area contributed by atoms with Crippen LogP contribution in [0, 0.1) is 12.8 Å². The maximum absolute atomic E-state index is 14.7. The molecular weight excluding hydrogens is 534 g/mol. The molecule has 2 aliphatic carbocycles. The average Bonchev–Trinajstić information content (AvgIpc) is 3.67. The quantitative estimate of drug-likeness (QED) is 0.309. The van der Waals surface area contributed by atoms with Gasteiger partial charge in [-0.15, -0.1) is 0 Å². The second kappa shape index (κ2) is 11.0. The highest BCUT2D eigenvalue weighted by Gasteiger charge is 2.34. The number of ether oxygens (including phenoxy) is 1. The van der Waals surface area contributed by atoms with Crippen molar-refractivity contribution in [1.82, 2.24) is 25.6 Å². The first-order chi connectivity index (χ1) is 19.0.